The molecule has 0 bridgehead atoms. The van der Waals surface area contributed by atoms with Gasteiger partial charge in [0.05, 0.1) is 0 Å². The van der Waals surface area contributed by atoms with Gasteiger partial charge < -0.3 is 5.32 Å². The van der Waals surface area contributed by atoms with E-state index in [1.54, 1.807) is 12.1 Å². The van der Waals surface area contributed by atoms with E-state index in [9.17, 15) is 4.39 Å². The summed E-state index contributed by atoms with van der Waals surface area (Å²) in [5.74, 6) is 0.413. The summed E-state index contributed by atoms with van der Waals surface area (Å²) in [6, 6.07) is 5.26. The van der Waals surface area contributed by atoms with Gasteiger partial charge in [-0.2, -0.15) is 4.39 Å². The predicted octanol–water partition coefficient (Wildman–Crippen LogP) is 1.55. The summed E-state index contributed by atoms with van der Waals surface area (Å²) >= 11 is 0. The molecule has 17 heavy (non-hydrogen) atoms. The molecule has 0 saturated carbocycles. The number of nitrogens with one attached hydrogen (secondary N) is 1. The van der Waals surface area contributed by atoms with E-state index >= 15 is 0 Å². The van der Waals surface area contributed by atoms with Gasteiger partial charge in [-0.3, -0.25) is 4.40 Å². The highest BCUT2D eigenvalue weighted by molar-refractivity contribution is 5.37. The molecule has 90 valence electrons. The quantitative estimate of drug-likeness (QED) is 0.802. The van der Waals surface area contributed by atoms with Crippen molar-refractivity contribution in [1.29, 1.82) is 0 Å². The van der Waals surface area contributed by atoms with Gasteiger partial charge in [-0.1, -0.05) is 12.5 Å². The second-order valence-corrected chi connectivity index (χ2v) is 4.51. The van der Waals surface area contributed by atoms with Crippen LogP contribution in [0.1, 0.15) is 25.1 Å². The Morgan fingerprint density at radius 2 is 2.29 bits per heavy atom. The van der Waals surface area contributed by atoms with Crippen LogP contribution < -0.4 is 5.32 Å². The number of fused-ring (bicyclic) bond motifs is 1. The van der Waals surface area contributed by atoms with Crippen LogP contribution in [-0.2, 0) is 6.42 Å². The Morgan fingerprint density at radius 1 is 1.35 bits per heavy atom. The number of halogens is 1. The average Bonchev–Trinajstić information content (AvgIpc) is 2.75. The lowest BCUT2D eigenvalue weighted by atomic mass is 10.0. The molecule has 3 rings (SSSR count). The predicted molar refractivity (Wildman–Crippen MR) is 62.3 cm³/mol. The summed E-state index contributed by atoms with van der Waals surface area (Å²) in [7, 11) is 0. The lowest BCUT2D eigenvalue weighted by molar-refractivity contribution is 0.391. The van der Waals surface area contributed by atoms with E-state index in [-0.39, 0.29) is 5.95 Å². The van der Waals surface area contributed by atoms with Crippen molar-refractivity contribution in [2.24, 2.45) is 0 Å². The number of aromatic nitrogens is 3. The molecule has 1 fully saturated rings. The third kappa shape index (κ3) is 2.02. The fourth-order valence-corrected chi connectivity index (χ4v) is 2.41. The fourth-order valence-electron chi connectivity index (χ4n) is 2.41. The minimum absolute atomic E-state index is 0.293. The molecule has 2 aromatic heterocycles. The zero-order chi connectivity index (χ0) is 11.7. The summed E-state index contributed by atoms with van der Waals surface area (Å²) in [4.78, 5) is 0. The number of hydrogen-bond donors (Lipinski definition) is 1. The lowest BCUT2D eigenvalue weighted by Gasteiger charge is -2.22. The van der Waals surface area contributed by atoms with E-state index in [1.807, 2.05) is 0 Å². The molecule has 5 heteroatoms. The second-order valence-electron chi connectivity index (χ2n) is 4.51. The van der Waals surface area contributed by atoms with Gasteiger partial charge in [0.25, 0.3) is 0 Å². The zero-order valence-electron chi connectivity index (χ0n) is 9.56. The first-order valence-corrected chi connectivity index (χ1v) is 6.06. The molecule has 0 aliphatic carbocycles. The molecule has 3 heterocycles. The van der Waals surface area contributed by atoms with Crippen LogP contribution in [0.4, 0.5) is 4.39 Å². The monoisotopic (exact) mass is 234 g/mol. The third-order valence-electron chi connectivity index (χ3n) is 3.29. The summed E-state index contributed by atoms with van der Waals surface area (Å²) in [6.45, 7) is 1.05. The van der Waals surface area contributed by atoms with E-state index < -0.39 is 0 Å². The fraction of sp³-hybridized carbons (Fsp3) is 0.500. The topological polar surface area (TPSA) is 42.2 Å². The lowest BCUT2D eigenvalue weighted by Crippen LogP contribution is -2.36. The van der Waals surface area contributed by atoms with Gasteiger partial charge in [-0.15, -0.1) is 10.2 Å². The molecule has 0 aromatic carbocycles. The van der Waals surface area contributed by atoms with Gasteiger partial charge in [0.1, 0.15) is 5.82 Å². The molecule has 1 saturated heterocycles. The summed E-state index contributed by atoms with van der Waals surface area (Å²) < 4.78 is 15.2. The van der Waals surface area contributed by atoms with Crippen LogP contribution >= 0.6 is 0 Å². The standard InChI is InChI=1S/C12H15FN4/c13-10-5-3-6-11-15-16-12(17(10)11)8-9-4-1-2-7-14-9/h3,5-6,9,14H,1-2,4,7-8H2. The Bertz CT molecular complexity index is 516. The molecule has 1 aliphatic rings. The van der Waals surface area contributed by atoms with Gasteiger partial charge in [0, 0.05) is 12.5 Å². The van der Waals surface area contributed by atoms with Gasteiger partial charge in [-0.05, 0) is 31.5 Å². The minimum Gasteiger partial charge on any atom is -0.314 e. The average molecular weight is 234 g/mol. The van der Waals surface area contributed by atoms with Crippen LogP contribution in [0.5, 0.6) is 0 Å². The Balaban J connectivity index is 1.89. The van der Waals surface area contributed by atoms with Crippen LogP contribution in [0.15, 0.2) is 18.2 Å². The molecular formula is C12H15FN4. The molecule has 1 unspecified atom stereocenters. The van der Waals surface area contributed by atoms with Crippen molar-refractivity contribution >= 4 is 5.65 Å². The Hall–Kier alpha value is -1.49. The maximum Gasteiger partial charge on any atom is 0.200 e. The Labute approximate surface area is 98.9 Å². The molecule has 1 aliphatic heterocycles. The first kappa shape index (κ1) is 10.7. The third-order valence-corrected chi connectivity index (χ3v) is 3.29. The highest BCUT2D eigenvalue weighted by atomic mass is 19.1. The van der Waals surface area contributed by atoms with E-state index in [4.69, 9.17) is 0 Å². The minimum atomic E-state index is -0.293. The highest BCUT2D eigenvalue weighted by Crippen LogP contribution is 2.13. The summed E-state index contributed by atoms with van der Waals surface area (Å²) in [5.41, 5.74) is 0.579. The van der Waals surface area contributed by atoms with E-state index in [0.717, 1.165) is 19.4 Å². The van der Waals surface area contributed by atoms with Crippen LogP contribution in [0.3, 0.4) is 0 Å². The molecule has 1 atom stereocenters. The van der Waals surface area contributed by atoms with Crippen molar-refractivity contribution < 1.29 is 4.39 Å². The molecule has 2 aromatic rings. The SMILES string of the molecule is Fc1cccc2nnc(CC3CCCCN3)n12. The number of rotatable bonds is 2. The second kappa shape index (κ2) is 4.41. The molecular weight excluding hydrogens is 219 g/mol. The first-order chi connectivity index (χ1) is 8.34. The first-order valence-electron chi connectivity index (χ1n) is 6.06. The number of pyridine rings is 1. The molecule has 0 amide bonds. The van der Waals surface area contributed by atoms with Crippen LogP contribution in [-0.4, -0.2) is 27.2 Å². The van der Waals surface area contributed by atoms with Crippen molar-refractivity contribution in [3.05, 3.63) is 30.0 Å². The maximum absolute atomic E-state index is 13.7. The Kier molecular flexibility index (Phi) is 2.76. The van der Waals surface area contributed by atoms with Crippen LogP contribution in [0, 0.1) is 5.95 Å². The van der Waals surface area contributed by atoms with Gasteiger partial charge in [-0.25, -0.2) is 0 Å². The van der Waals surface area contributed by atoms with Gasteiger partial charge in [0.15, 0.2) is 5.65 Å². The van der Waals surface area contributed by atoms with E-state index in [0.29, 0.717) is 17.5 Å². The number of nitrogens with zero attached hydrogens (tertiary/aromatic N) is 3. The largest absolute Gasteiger partial charge is 0.314 e. The van der Waals surface area contributed by atoms with Crippen molar-refractivity contribution in [3.8, 4) is 0 Å². The Morgan fingerprint density at radius 3 is 3.12 bits per heavy atom. The van der Waals surface area contributed by atoms with Crippen LogP contribution in [0.2, 0.25) is 0 Å². The van der Waals surface area contributed by atoms with Crippen LogP contribution in [0.25, 0.3) is 5.65 Å². The van der Waals surface area contributed by atoms with Gasteiger partial charge >= 0.3 is 0 Å². The highest BCUT2D eigenvalue weighted by Gasteiger charge is 2.17. The van der Waals surface area contributed by atoms with Crippen molar-refractivity contribution in [3.63, 3.8) is 0 Å². The number of piperidine rings is 1. The molecule has 1 N–H and O–H groups in total. The van der Waals surface area contributed by atoms with E-state index in [2.05, 4.69) is 15.5 Å². The zero-order valence-corrected chi connectivity index (χ0v) is 9.56. The van der Waals surface area contributed by atoms with Crippen molar-refractivity contribution in [2.45, 2.75) is 31.7 Å². The molecule has 0 spiro atoms. The maximum atomic E-state index is 13.7. The summed E-state index contributed by atoms with van der Waals surface area (Å²) in [5, 5.41) is 11.5. The normalized spacial score (nSPS) is 20.9. The molecule has 0 radical (unpaired) electrons. The van der Waals surface area contributed by atoms with Gasteiger partial charge in [0.2, 0.25) is 5.95 Å². The van der Waals surface area contributed by atoms with Crippen molar-refractivity contribution in [1.82, 2.24) is 19.9 Å². The summed E-state index contributed by atoms with van der Waals surface area (Å²) in [6.07, 6.45) is 4.33. The molecule has 4 nitrogen and oxygen atoms in total. The smallest absolute Gasteiger partial charge is 0.200 e. The van der Waals surface area contributed by atoms with Crippen molar-refractivity contribution in [2.75, 3.05) is 6.54 Å². The van der Waals surface area contributed by atoms with E-state index in [1.165, 1.54) is 23.3 Å². The number of hydrogen-bond acceptors (Lipinski definition) is 3.